The van der Waals surface area contributed by atoms with Crippen LogP contribution in [0.2, 0.25) is 0 Å². The van der Waals surface area contributed by atoms with Crippen LogP contribution in [0.25, 0.3) is 11.1 Å². The van der Waals surface area contributed by atoms with Gasteiger partial charge < -0.3 is 5.32 Å². The third-order valence-electron chi connectivity index (χ3n) is 5.65. The van der Waals surface area contributed by atoms with Crippen molar-refractivity contribution in [3.8, 4) is 11.1 Å². The average Bonchev–Trinajstić information content (AvgIpc) is 2.74. The largest absolute Gasteiger partial charge is 0.325 e. The SMILES string of the molecule is CCCCc1ccc(NC2=Nc3c(C)cc(-c4c(C)cccc4C)cc3NN2)cc1.[HH]. The lowest BCUT2D eigenvalue weighted by atomic mass is 9.93. The van der Waals surface area contributed by atoms with Crippen molar-refractivity contribution in [3.05, 3.63) is 76.9 Å². The van der Waals surface area contributed by atoms with Gasteiger partial charge in [0.25, 0.3) is 0 Å². The summed E-state index contributed by atoms with van der Waals surface area (Å²) < 4.78 is 0. The Kier molecular flexibility index (Phi) is 5.75. The van der Waals surface area contributed by atoms with Crippen LogP contribution in [0.3, 0.4) is 0 Å². The van der Waals surface area contributed by atoms with E-state index in [4.69, 9.17) is 4.99 Å². The first-order chi connectivity index (χ1) is 14.5. The van der Waals surface area contributed by atoms with Crippen molar-refractivity contribution >= 4 is 23.0 Å². The number of anilines is 2. The molecule has 30 heavy (non-hydrogen) atoms. The Morgan fingerprint density at radius 2 is 1.63 bits per heavy atom. The topological polar surface area (TPSA) is 48.5 Å². The fourth-order valence-corrected chi connectivity index (χ4v) is 4.04. The second-order valence-corrected chi connectivity index (χ2v) is 8.09. The van der Waals surface area contributed by atoms with E-state index in [-0.39, 0.29) is 1.43 Å². The minimum atomic E-state index is 0. The molecule has 4 heteroatoms. The molecule has 0 amide bonds. The summed E-state index contributed by atoms with van der Waals surface area (Å²) in [7, 11) is 0. The third-order valence-corrected chi connectivity index (χ3v) is 5.65. The molecule has 4 nitrogen and oxygen atoms in total. The summed E-state index contributed by atoms with van der Waals surface area (Å²) in [6.45, 7) is 8.67. The summed E-state index contributed by atoms with van der Waals surface area (Å²) in [4.78, 5) is 4.82. The number of guanidine groups is 1. The number of hydrogen-bond acceptors (Lipinski definition) is 4. The van der Waals surface area contributed by atoms with Gasteiger partial charge in [0.2, 0.25) is 5.96 Å². The van der Waals surface area contributed by atoms with Gasteiger partial charge in [0.05, 0.1) is 11.4 Å². The molecule has 3 N–H and O–H groups in total. The van der Waals surface area contributed by atoms with Crippen LogP contribution in [-0.4, -0.2) is 5.96 Å². The van der Waals surface area contributed by atoms with Gasteiger partial charge in [-0.1, -0.05) is 43.7 Å². The van der Waals surface area contributed by atoms with E-state index in [0.29, 0.717) is 5.96 Å². The van der Waals surface area contributed by atoms with E-state index >= 15 is 0 Å². The van der Waals surface area contributed by atoms with E-state index in [1.54, 1.807) is 0 Å². The number of rotatable bonds is 5. The van der Waals surface area contributed by atoms with Crippen LogP contribution >= 0.6 is 0 Å². The van der Waals surface area contributed by atoms with Crippen molar-refractivity contribution in [1.29, 1.82) is 0 Å². The summed E-state index contributed by atoms with van der Waals surface area (Å²) in [5.41, 5.74) is 17.1. The Labute approximate surface area is 180 Å². The van der Waals surface area contributed by atoms with Gasteiger partial charge in [0, 0.05) is 7.11 Å². The van der Waals surface area contributed by atoms with Crippen LogP contribution in [0.15, 0.2) is 59.6 Å². The molecular weight excluding hydrogens is 368 g/mol. The Bertz CT molecular complexity index is 1070. The normalized spacial score (nSPS) is 12.5. The number of aryl methyl sites for hydroxylation is 4. The van der Waals surface area contributed by atoms with Crippen molar-refractivity contribution in [2.45, 2.75) is 47.0 Å². The van der Waals surface area contributed by atoms with Gasteiger partial charge >= 0.3 is 0 Å². The van der Waals surface area contributed by atoms with Crippen molar-refractivity contribution in [1.82, 2.24) is 5.43 Å². The van der Waals surface area contributed by atoms with Gasteiger partial charge in [0.1, 0.15) is 0 Å². The number of hydrazine groups is 1. The first kappa shape index (κ1) is 20.0. The number of nitrogens with zero attached hydrogens (tertiary/aromatic N) is 1. The van der Waals surface area contributed by atoms with Crippen molar-refractivity contribution < 1.29 is 1.43 Å². The molecule has 4 rings (SSSR count). The van der Waals surface area contributed by atoms with Crippen LogP contribution in [-0.2, 0) is 6.42 Å². The van der Waals surface area contributed by atoms with E-state index in [0.717, 1.165) is 29.0 Å². The first-order valence-electron chi connectivity index (χ1n) is 10.7. The van der Waals surface area contributed by atoms with Gasteiger partial charge in [-0.05, 0) is 91.3 Å². The van der Waals surface area contributed by atoms with E-state index in [1.165, 1.54) is 40.7 Å². The van der Waals surface area contributed by atoms with Crippen LogP contribution in [0, 0.1) is 20.8 Å². The predicted octanol–water partition coefficient (Wildman–Crippen LogP) is 6.90. The van der Waals surface area contributed by atoms with Crippen molar-refractivity contribution in [2.24, 2.45) is 4.99 Å². The second kappa shape index (κ2) is 8.62. The average molecular weight is 401 g/mol. The molecule has 0 bridgehead atoms. The second-order valence-electron chi connectivity index (χ2n) is 8.09. The molecule has 0 saturated heterocycles. The quantitative estimate of drug-likeness (QED) is 0.437. The monoisotopic (exact) mass is 400 g/mol. The molecule has 0 aromatic heterocycles. The molecule has 0 spiro atoms. The summed E-state index contributed by atoms with van der Waals surface area (Å²) >= 11 is 0. The standard InChI is InChI=1S/C26H30N4.H2/c1-5-6-10-20-11-13-22(14-12-20)27-26-28-25-19(4)15-21(16-23(25)29-30-26)24-17(2)8-7-9-18(24)3;/h7-9,11-16,29H,5-6,10H2,1-4H3,(H2,27,28,30);1H. The van der Waals surface area contributed by atoms with E-state index in [2.05, 4.69) is 98.5 Å². The van der Waals surface area contributed by atoms with E-state index in [9.17, 15) is 0 Å². The molecule has 0 radical (unpaired) electrons. The highest BCUT2D eigenvalue weighted by Crippen LogP contribution is 2.37. The summed E-state index contributed by atoms with van der Waals surface area (Å²) in [6.07, 6.45) is 3.58. The number of nitrogens with one attached hydrogen (secondary N) is 3. The highest BCUT2D eigenvalue weighted by Gasteiger charge is 2.16. The molecule has 156 valence electrons. The number of aliphatic imine (C=N–C) groups is 1. The van der Waals surface area contributed by atoms with Crippen LogP contribution in [0.1, 0.15) is 43.4 Å². The molecule has 0 fully saturated rings. The maximum absolute atomic E-state index is 4.82. The van der Waals surface area contributed by atoms with E-state index < -0.39 is 0 Å². The van der Waals surface area contributed by atoms with Crippen molar-refractivity contribution in [2.75, 3.05) is 10.7 Å². The predicted molar refractivity (Wildman–Crippen MR) is 131 cm³/mol. The molecule has 1 aliphatic heterocycles. The molecule has 0 atom stereocenters. The zero-order valence-electron chi connectivity index (χ0n) is 18.3. The number of hydrogen-bond donors (Lipinski definition) is 3. The highest BCUT2D eigenvalue weighted by atomic mass is 15.4. The van der Waals surface area contributed by atoms with Crippen LogP contribution in [0.5, 0.6) is 0 Å². The van der Waals surface area contributed by atoms with Crippen molar-refractivity contribution in [3.63, 3.8) is 0 Å². The maximum Gasteiger partial charge on any atom is 0.220 e. The molecule has 1 aliphatic rings. The Hall–Kier alpha value is -3.27. The fourth-order valence-electron chi connectivity index (χ4n) is 4.04. The smallest absolute Gasteiger partial charge is 0.220 e. The van der Waals surface area contributed by atoms with Gasteiger partial charge in [-0.2, -0.15) is 0 Å². The zero-order chi connectivity index (χ0) is 21.1. The molecule has 0 aliphatic carbocycles. The lowest BCUT2D eigenvalue weighted by molar-refractivity contribution is 0.795. The summed E-state index contributed by atoms with van der Waals surface area (Å²) in [6, 6.07) is 19.4. The third kappa shape index (κ3) is 4.18. The van der Waals surface area contributed by atoms with Gasteiger partial charge in [-0.25, -0.2) is 4.99 Å². The number of benzene rings is 3. The van der Waals surface area contributed by atoms with Crippen LogP contribution < -0.4 is 16.2 Å². The molecule has 1 heterocycles. The Morgan fingerprint density at radius 1 is 0.900 bits per heavy atom. The minimum absolute atomic E-state index is 0. The van der Waals surface area contributed by atoms with E-state index in [1.807, 2.05) is 0 Å². The highest BCUT2D eigenvalue weighted by molar-refractivity contribution is 6.00. The lowest BCUT2D eigenvalue weighted by Crippen LogP contribution is -2.37. The lowest BCUT2D eigenvalue weighted by Gasteiger charge is -2.23. The number of fused-ring (bicyclic) bond motifs is 1. The summed E-state index contributed by atoms with van der Waals surface area (Å²) in [5, 5.41) is 3.37. The summed E-state index contributed by atoms with van der Waals surface area (Å²) in [5.74, 6) is 0.701. The Morgan fingerprint density at radius 3 is 2.33 bits per heavy atom. The van der Waals surface area contributed by atoms with Gasteiger partial charge in [0.15, 0.2) is 0 Å². The first-order valence-corrected chi connectivity index (χ1v) is 10.7. The molecule has 0 unspecified atom stereocenters. The minimum Gasteiger partial charge on any atom is -0.325 e. The fraction of sp³-hybridized carbons (Fsp3) is 0.269. The molecule has 3 aromatic carbocycles. The molecule has 0 saturated carbocycles. The zero-order valence-corrected chi connectivity index (χ0v) is 18.3. The van der Waals surface area contributed by atoms with Gasteiger partial charge in [-0.3, -0.25) is 10.9 Å². The molecule has 3 aromatic rings. The maximum atomic E-state index is 4.82. The van der Waals surface area contributed by atoms with Gasteiger partial charge in [-0.15, -0.1) is 0 Å². The number of unbranched alkanes of at least 4 members (excludes halogenated alkanes) is 1. The molecular formula is C26H32N4. The van der Waals surface area contributed by atoms with Crippen LogP contribution in [0.4, 0.5) is 17.1 Å². The Balaban J connectivity index is 0.00000272.